The van der Waals surface area contributed by atoms with Gasteiger partial charge in [0.1, 0.15) is 0 Å². The fourth-order valence-corrected chi connectivity index (χ4v) is 3.16. The maximum atomic E-state index is 12.5. The molecule has 0 heterocycles. The Bertz CT molecular complexity index is 472. The SMILES string of the molecule is Cc1ccc(CN(C(=O)CNC2CCCC2)C2CC2)cc1. The summed E-state index contributed by atoms with van der Waals surface area (Å²) in [5.74, 6) is 0.268. The molecule has 2 aliphatic rings. The van der Waals surface area contributed by atoms with Gasteiger partial charge in [0.25, 0.3) is 0 Å². The predicted molar refractivity (Wildman–Crippen MR) is 85.0 cm³/mol. The Morgan fingerprint density at radius 3 is 2.43 bits per heavy atom. The van der Waals surface area contributed by atoms with E-state index >= 15 is 0 Å². The highest BCUT2D eigenvalue weighted by Crippen LogP contribution is 2.28. The lowest BCUT2D eigenvalue weighted by Crippen LogP contribution is -2.41. The standard InChI is InChI=1S/C18H26N2O/c1-14-6-8-15(9-7-14)13-20(17-10-11-17)18(21)12-19-16-4-2-3-5-16/h6-9,16-17,19H,2-5,10-13H2,1H3. The van der Waals surface area contributed by atoms with Crippen molar-refractivity contribution in [1.29, 1.82) is 0 Å². The summed E-state index contributed by atoms with van der Waals surface area (Å²) in [7, 11) is 0. The summed E-state index contributed by atoms with van der Waals surface area (Å²) in [6.45, 7) is 3.36. The van der Waals surface area contributed by atoms with Crippen LogP contribution in [0.1, 0.15) is 49.7 Å². The molecule has 2 fully saturated rings. The zero-order valence-electron chi connectivity index (χ0n) is 13.0. The molecule has 0 aliphatic heterocycles. The maximum Gasteiger partial charge on any atom is 0.237 e. The van der Waals surface area contributed by atoms with Crippen LogP contribution in [0.2, 0.25) is 0 Å². The van der Waals surface area contributed by atoms with Crippen molar-refractivity contribution >= 4 is 5.91 Å². The second-order valence-electron chi connectivity index (χ2n) is 6.60. The van der Waals surface area contributed by atoms with Gasteiger partial charge in [-0.3, -0.25) is 4.79 Å². The van der Waals surface area contributed by atoms with Gasteiger partial charge in [-0.05, 0) is 38.2 Å². The van der Waals surface area contributed by atoms with Crippen LogP contribution in [0.15, 0.2) is 24.3 Å². The van der Waals surface area contributed by atoms with E-state index in [1.807, 2.05) is 0 Å². The van der Waals surface area contributed by atoms with E-state index in [0.717, 1.165) is 6.54 Å². The molecule has 114 valence electrons. The van der Waals surface area contributed by atoms with Gasteiger partial charge in [-0.1, -0.05) is 42.7 Å². The number of rotatable bonds is 6. The average molecular weight is 286 g/mol. The molecule has 0 aromatic heterocycles. The van der Waals surface area contributed by atoms with Crippen LogP contribution in [0.5, 0.6) is 0 Å². The normalized spacial score (nSPS) is 18.9. The van der Waals surface area contributed by atoms with Crippen molar-refractivity contribution in [2.24, 2.45) is 0 Å². The largest absolute Gasteiger partial charge is 0.334 e. The first-order valence-electron chi connectivity index (χ1n) is 8.31. The number of benzene rings is 1. The van der Waals surface area contributed by atoms with Crippen molar-refractivity contribution < 1.29 is 4.79 Å². The van der Waals surface area contributed by atoms with Gasteiger partial charge in [-0.2, -0.15) is 0 Å². The lowest BCUT2D eigenvalue weighted by molar-refractivity contribution is -0.131. The highest BCUT2D eigenvalue weighted by Gasteiger charge is 2.32. The van der Waals surface area contributed by atoms with Crippen molar-refractivity contribution in [2.75, 3.05) is 6.54 Å². The molecule has 1 amide bonds. The quantitative estimate of drug-likeness (QED) is 0.872. The van der Waals surface area contributed by atoms with Gasteiger partial charge in [0.05, 0.1) is 6.54 Å². The number of nitrogens with one attached hydrogen (secondary N) is 1. The fraction of sp³-hybridized carbons (Fsp3) is 0.611. The first kappa shape index (κ1) is 14.6. The Balaban J connectivity index is 1.55. The van der Waals surface area contributed by atoms with Crippen LogP contribution in [-0.2, 0) is 11.3 Å². The van der Waals surface area contributed by atoms with E-state index in [-0.39, 0.29) is 5.91 Å². The number of carbonyl (C=O) groups is 1. The molecule has 0 saturated heterocycles. The Hall–Kier alpha value is -1.35. The van der Waals surface area contributed by atoms with Crippen molar-refractivity contribution in [1.82, 2.24) is 10.2 Å². The fourth-order valence-electron chi connectivity index (χ4n) is 3.16. The molecule has 1 aromatic rings. The number of amides is 1. The van der Waals surface area contributed by atoms with Gasteiger partial charge in [0, 0.05) is 18.6 Å². The van der Waals surface area contributed by atoms with Crippen LogP contribution in [0.25, 0.3) is 0 Å². The first-order valence-corrected chi connectivity index (χ1v) is 8.31. The minimum Gasteiger partial charge on any atom is -0.334 e. The third kappa shape index (κ3) is 4.07. The van der Waals surface area contributed by atoms with E-state index in [9.17, 15) is 4.79 Å². The minimum atomic E-state index is 0.268. The summed E-state index contributed by atoms with van der Waals surface area (Å²) >= 11 is 0. The van der Waals surface area contributed by atoms with Crippen LogP contribution >= 0.6 is 0 Å². The molecule has 2 saturated carbocycles. The Morgan fingerprint density at radius 2 is 1.81 bits per heavy atom. The molecule has 3 rings (SSSR count). The summed E-state index contributed by atoms with van der Waals surface area (Å²) in [6, 6.07) is 9.58. The molecule has 2 aliphatic carbocycles. The van der Waals surface area contributed by atoms with E-state index in [0.29, 0.717) is 18.6 Å². The summed E-state index contributed by atoms with van der Waals surface area (Å²) < 4.78 is 0. The number of nitrogens with zero attached hydrogens (tertiary/aromatic N) is 1. The number of hydrogen-bond donors (Lipinski definition) is 1. The summed E-state index contributed by atoms with van der Waals surface area (Å²) in [4.78, 5) is 14.6. The Kier molecular flexibility index (Phi) is 4.59. The first-order chi connectivity index (χ1) is 10.2. The van der Waals surface area contributed by atoms with Gasteiger partial charge in [-0.15, -0.1) is 0 Å². The Labute approximate surface area is 127 Å². The van der Waals surface area contributed by atoms with Gasteiger partial charge < -0.3 is 10.2 Å². The van der Waals surface area contributed by atoms with Gasteiger partial charge in [0.2, 0.25) is 5.91 Å². The van der Waals surface area contributed by atoms with E-state index in [1.54, 1.807) is 0 Å². The van der Waals surface area contributed by atoms with Crippen LogP contribution in [-0.4, -0.2) is 29.4 Å². The summed E-state index contributed by atoms with van der Waals surface area (Å²) in [5, 5.41) is 3.45. The Morgan fingerprint density at radius 1 is 1.14 bits per heavy atom. The van der Waals surface area contributed by atoms with E-state index in [1.165, 1.54) is 49.7 Å². The lowest BCUT2D eigenvalue weighted by atomic mass is 10.1. The van der Waals surface area contributed by atoms with E-state index in [4.69, 9.17) is 0 Å². The molecule has 1 N–H and O–H groups in total. The van der Waals surface area contributed by atoms with Gasteiger partial charge in [0.15, 0.2) is 0 Å². The van der Waals surface area contributed by atoms with Crippen molar-refractivity contribution in [3.63, 3.8) is 0 Å². The third-order valence-electron chi connectivity index (χ3n) is 4.68. The molecule has 21 heavy (non-hydrogen) atoms. The second kappa shape index (κ2) is 6.61. The summed E-state index contributed by atoms with van der Waals surface area (Å²) in [6.07, 6.45) is 7.41. The van der Waals surface area contributed by atoms with Crippen LogP contribution in [0, 0.1) is 6.92 Å². The number of hydrogen-bond acceptors (Lipinski definition) is 2. The molecule has 0 radical (unpaired) electrons. The van der Waals surface area contributed by atoms with E-state index in [2.05, 4.69) is 41.4 Å². The molecule has 3 heteroatoms. The van der Waals surface area contributed by atoms with Crippen molar-refractivity contribution in [3.05, 3.63) is 35.4 Å². The molecular formula is C18H26N2O. The third-order valence-corrected chi connectivity index (χ3v) is 4.68. The minimum absolute atomic E-state index is 0.268. The molecule has 1 aromatic carbocycles. The van der Waals surface area contributed by atoms with E-state index < -0.39 is 0 Å². The highest BCUT2D eigenvalue weighted by atomic mass is 16.2. The van der Waals surface area contributed by atoms with Crippen LogP contribution < -0.4 is 5.32 Å². The topological polar surface area (TPSA) is 32.3 Å². The van der Waals surface area contributed by atoms with Crippen molar-refractivity contribution in [2.45, 2.75) is 64.1 Å². The smallest absolute Gasteiger partial charge is 0.237 e. The monoisotopic (exact) mass is 286 g/mol. The molecule has 0 unspecified atom stereocenters. The highest BCUT2D eigenvalue weighted by molar-refractivity contribution is 5.79. The maximum absolute atomic E-state index is 12.5. The van der Waals surface area contributed by atoms with Crippen LogP contribution in [0.3, 0.4) is 0 Å². The number of aryl methyl sites for hydroxylation is 1. The molecule has 3 nitrogen and oxygen atoms in total. The summed E-state index contributed by atoms with van der Waals surface area (Å²) in [5.41, 5.74) is 2.51. The molecule has 0 spiro atoms. The van der Waals surface area contributed by atoms with Crippen molar-refractivity contribution in [3.8, 4) is 0 Å². The van der Waals surface area contributed by atoms with Crippen LogP contribution in [0.4, 0.5) is 0 Å². The second-order valence-corrected chi connectivity index (χ2v) is 6.60. The predicted octanol–water partition coefficient (Wildman–Crippen LogP) is 3.02. The zero-order chi connectivity index (χ0) is 14.7. The molecule has 0 bridgehead atoms. The molecule has 0 atom stereocenters. The van der Waals surface area contributed by atoms with Gasteiger partial charge >= 0.3 is 0 Å². The molecular weight excluding hydrogens is 260 g/mol. The number of carbonyl (C=O) groups excluding carboxylic acids is 1. The lowest BCUT2D eigenvalue weighted by Gasteiger charge is -2.24. The average Bonchev–Trinajstić information content (AvgIpc) is 3.19. The van der Waals surface area contributed by atoms with Gasteiger partial charge in [-0.25, -0.2) is 0 Å². The zero-order valence-corrected chi connectivity index (χ0v) is 13.0.